The van der Waals surface area contributed by atoms with Crippen molar-refractivity contribution in [2.75, 3.05) is 35.3 Å². The molecule has 0 aliphatic heterocycles. The third-order valence-corrected chi connectivity index (χ3v) is 6.10. The molecule has 0 spiro atoms. The molecular weight excluding hydrogens is 414 g/mol. The SMILES string of the molecule is CNc1ccc(Nc2ncc3ccn(Cc4cccnc4N(C)S(C)(=O)=O)c3n2)cc1. The molecular formula is C21H23N7O2S. The highest BCUT2D eigenvalue weighted by Crippen LogP contribution is 2.23. The summed E-state index contributed by atoms with van der Waals surface area (Å²) in [4.78, 5) is 13.3. The fourth-order valence-corrected chi connectivity index (χ4v) is 3.66. The molecule has 2 N–H and O–H groups in total. The normalized spacial score (nSPS) is 11.5. The number of nitrogens with zero attached hydrogens (tertiary/aromatic N) is 5. The lowest BCUT2D eigenvalue weighted by Crippen LogP contribution is -2.27. The number of anilines is 4. The van der Waals surface area contributed by atoms with Gasteiger partial charge < -0.3 is 15.2 Å². The molecule has 31 heavy (non-hydrogen) atoms. The highest BCUT2D eigenvalue weighted by atomic mass is 32.2. The van der Waals surface area contributed by atoms with Crippen molar-refractivity contribution in [3.8, 4) is 0 Å². The van der Waals surface area contributed by atoms with Crippen molar-refractivity contribution in [3.63, 3.8) is 0 Å². The van der Waals surface area contributed by atoms with E-state index in [1.165, 1.54) is 11.4 Å². The summed E-state index contributed by atoms with van der Waals surface area (Å²) in [6, 6.07) is 13.4. The first-order valence-corrected chi connectivity index (χ1v) is 11.4. The summed E-state index contributed by atoms with van der Waals surface area (Å²) < 4.78 is 27.1. The van der Waals surface area contributed by atoms with Gasteiger partial charge in [-0.05, 0) is 36.4 Å². The maximum absolute atomic E-state index is 12.0. The summed E-state index contributed by atoms with van der Waals surface area (Å²) in [6.45, 7) is 0.417. The van der Waals surface area contributed by atoms with Crippen LogP contribution in [0.25, 0.3) is 11.0 Å². The zero-order chi connectivity index (χ0) is 22.0. The summed E-state index contributed by atoms with van der Waals surface area (Å²) >= 11 is 0. The van der Waals surface area contributed by atoms with E-state index in [0.717, 1.165) is 34.2 Å². The maximum Gasteiger partial charge on any atom is 0.233 e. The molecule has 4 aromatic rings. The van der Waals surface area contributed by atoms with Crippen molar-refractivity contribution in [2.45, 2.75) is 6.54 Å². The van der Waals surface area contributed by atoms with Gasteiger partial charge >= 0.3 is 0 Å². The standard InChI is InChI=1S/C21H23N7O2S/c1-22-17-6-8-18(9-7-17)25-21-24-13-15-10-12-28(20(15)26-21)14-16-5-4-11-23-19(16)27(2)31(3,29)30/h4-13,22H,14H2,1-3H3,(H,24,25,26). The van der Waals surface area contributed by atoms with Crippen LogP contribution in [0.15, 0.2) is 61.1 Å². The van der Waals surface area contributed by atoms with E-state index in [9.17, 15) is 8.42 Å². The fourth-order valence-electron chi connectivity index (χ4n) is 3.19. The predicted octanol–water partition coefficient (Wildman–Crippen LogP) is 3.06. The van der Waals surface area contributed by atoms with Gasteiger partial charge in [-0.3, -0.25) is 4.31 Å². The lowest BCUT2D eigenvalue weighted by molar-refractivity contribution is 0.599. The van der Waals surface area contributed by atoms with Gasteiger partial charge in [-0.1, -0.05) is 6.07 Å². The first-order chi connectivity index (χ1) is 14.8. The molecule has 4 rings (SSSR count). The lowest BCUT2D eigenvalue weighted by Gasteiger charge is -2.19. The van der Waals surface area contributed by atoms with E-state index >= 15 is 0 Å². The number of hydrogen-bond donors (Lipinski definition) is 2. The van der Waals surface area contributed by atoms with Crippen LogP contribution in [0.2, 0.25) is 0 Å². The number of rotatable bonds is 7. The monoisotopic (exact) mass is 437 g/mol. The van der Waals surface area contributed by atoms with E-state index < -0.39 is 10.0 Å². The highest BCUT2D eigenvalue weighted by Gasteiger charge is 2.18. The van der Waals surface area contributed by atoms with Crippen LogP contribution in [0.1, 0.15) is 5.56 Å². The van der Waals surface area contributed by atoms with Crippen LogP contribution in [0, 0.1) is 0 Å². The average Bonchev–Trinajstić information content (AvgIpc) is 3.15. The number of aromatic nitrogens is 4. The van der Waals surface area contributed by atoms with Crippen LogP contribution in [0.5, 0.6) is 0 Å². The molecule has 3 heterocycles. The third kappa shape index (κ3) is 4.43. The largest absolute Gasteiger partial charge is 0.388 e. The van der Waals surface area contributed by atoms with Gasteiger partial charge in [0.1, 0.15) is 11.5 Å². The zero-order valence-corrected chi connectivity index (χ0v) is 18.3. The Morgan fingerprint density at radius 3 is 2.52 bits per heavy atom. The number of pyridine rings is 1. The highest BCUT2D eigenvalue weighted by molar-refractivity contribution is 7.92. The zero-order valence-electron chi connectivity index (χ0n) is 17.4. The molecule has 3 aromatic heterocycles. The Balaban J connectivity index is 1.64. The quantitative estimate of drug-likeness (QED) is 0.458. The number of benzene rings is 1. The van der Waals surface area contributed by atoms with Crippen molar-refractivity contribution in [1.82, 2.24) is 19.5 Å². The minimum absolute atomic E-state index is 0.392. The molecule has 0 unspecified atom stereocenters. The van der Waals surface area contributed by atoms with Crippen LogP contribution in [-0.2, 0) is 16.6 Å². The lowest BCUT2D eigenvalue weighted by atomic mass is 10.2. The van der Waals surface area contributed by atoms with Gasteiger partial charge in [0.2, 0.25) is 16.0 Å². The van der Waals surface area contributed by atoms with E-state index in [0.29, 0.717) is 18.3 Å². The van der Waals surface area contributed by atoms with Gasteiger partial charge in [-0.25, -0.2) is 18.4 Å². The molecule has 160 valence electrons. The smallest absolute Gasteiger partial charge is 0.233 e. The molecule has 0 saturated heterocycles. The molecule has 0 aliphatic carbocycles. The summed E-state index contributed by atoms with van der Waals surface area (Å²) in [5.74, 6) is 0.869. The Hall–Kier alpha value is -3.66. The molecule has 0 amide bonds. The van der Waals surface area contributed by atoms with Gasteiger partial charge in [-0.15, -0.1) is 0 Å². The van der Waals surface area contributed by atoms with Gasteiger partial charge in [0.15, 0.2) is 0 Å². The number of fused-ring (bicyclic) bond motifs is 1. The van der Waals surface area contributed by atoms with Gasteiger partial charge in [-0.2, -0.15) is 4.98 Å². The van der Waals surface area contributed by atoms with E-state index in [4.69, 9.17) is 0 Å². The minimum Gasteiger partial charge on any atom is -0.388 e. The molecule has 0 bridgehead atoms. The first-order valence-electron chi connectivity index (χ1n) is 9.59. The summed E-state index contributed by atoms with van der Waals surface area (Å²) in [5, 5.41) is 7.18. The second-order valence-corrected chi connectivity index (χ2v) is 9.10. The van der Waals surface area contributed by atoms with Crippen LogP contribution in [0.3, 0.4) is 0 Å². The van der Waals surface area contributed by atoms with Gasteiger partial charge in [0, 0.05) is 55.0 Å². The average molecular weight is 438 g/mol. The first kappa shape index (κ1) is 20.6. The number of nitrogens with one attached hydrogen (secondary N) is 2. The van der Waals surface area contributed by atoms with Crippen molar-refractivity contribution in [3.05, 3.63) is 66.6 Å². The van der Waals surface area contributed by atoms with Gasteiger partial charge in [0.25, 0.3) is 0 Å². The molecule has 0 atom stereocenters. The van der Waals surface area contributed by atoms with Crippen molar-refractivity contribution in [2.24, 2.45) is 0 Å². The molecule has 0 aliphatic rings. The fraction of sp³-hybridized carbons (Fsp3) is 0.190. The van der Waals surface area contributed by atoms with E-state index in [-0.39, 0.29) is 0 Å². The van der Waals surface area contributed by atoms with E-state index in [1.54, 1.807) is 18.5 Å². The molecule has 1 aromatic carbocycles. The molecule has 10 heteroatoms. The van der Waals surface area contributed by atoms with Crippen LogP contribution < -0.4 is 14.9 Å². The number of hydrogen-bond acceptors (Lipinski definition) is 7. The molecule has 0 fully saturated rings. The third-order valence-electron chi connectivity index (χ3n) is 4.94. The van der Waals surface area contributed by atoms with Crippen LogP contribution in [0.4, 0.5) is 23.1 Å². The molecule has 0 radical (unpaired) electrons. The van der Waals surface area contributed by atoms with Crippen molar-refractivity contribution in [1.29, 1.82) is 0 Å². The Bertz CT molecular complexity index is 1320. The Morgan fingerprint density at radius 1 is 1.06 bits per heavy atom. The molecule has 9 nitrogen and oxygen atoms in total. The van der Waals surface area contributed by atoms with Crippen LogP contribution in [-0.4, -0.2) is 48.3 Å². The second kappa shape index (κ2) is 8.23. The van der Waals surface area contributed by atoms with E-state index in [2.05, 4.69) is 25.6 Å². The second-order valence-electron chi connectivity index (χ2n) is 7.09. The van der Waals surface area contributed by atoms with Crippen molar-refractivity contribution >= 4 is 44.2 Å². The maximum atomic E-state index is 12.0. The Morgan fingerprint density at radius 2 is 1.81 bits per heavy atom. The summed E-state index contributed by atoms with van der Waals surface area (Å²) in [7, 11) is -0.0562. The van der Waals surface area contributed by atoms with Gasteiger partial charge in [0.05, 0.1) is 12.8 Å². The summed E-state index contributed by atoms with van der Waals surface area (Å²) in [5.41, 5.74) is 3.40. The number of sulfonamides is 1. The van der Waals surface area contributed by atoms with Crippen LogP contribution >= 0.6 is 0 Å². The predicted molar refractivity (Wildman–Crippen MR) is 123 cm³/mol. The minimum atomic E-state index is -3.42. The van der Waals surface area contributed by atoms with Crippen molar-refractivity contribution < 1.29 is 8.42 Å². The van der Waals surface area contributed by atoms with E-state index in [1.807, 2.05) is 54.2 Å². The topological polar surface area (TPSA) is 105 Å². The Kier molecular flexibility index (Phi) is 5.47. The molecule has 0 saturated carbocycles. The Labute approximate surface area is 180 Å². The summed E-state index contributed by atoms with van der Waals surface area (Å²) in [6.07, 6.45) is 6.40.